The van der Waals surface area contributed by atoms with E-state index in [9.17, 15) is 9.59 Å². The summed E-state index contributed by atoms with van der Waals surface area (Å²) in [7, 11) is 0. The number of nitrogens with zero attached hydrogens (tertiary/aromatic N) is 1. The smallest absolute Gasteiger partial charge is 0.238 e. The third-order valence-corrected chi connectivity index (χ3v) is 4.28. The van der Waals surface area contributed by atoms with Crippen molar-refractivity contribution in [3.8, 4) is 5.75 Å². The minimum atomic E-state index is -0.214. The van der Waals surface area contributed by atoms with E-state index in [1.807, 2.05) is 26.0 Å². The highest BCUT2D eigenvalue weighted by atomic mass is 16.5. The van der Waals surface area contributed by atoms with E-state index in [0.29, 0.717) is 18.7 Å². The Morgan fingerprint density at radius 3 is 2.52 bits per heavy atom. The largest absolute Gasteiger partial charge is 0.494 e. The van der Waals surface area contributed by atoms with E-state index in [2.05, 4.69) is 0 Å². The number of ether oxygens (including phenoxy) is 1. The molecule has 110 valence electrons. The molecule has 1 aliphatic heterocycles. The van der Waals surface area contributed by atoms with Crippen LogP contribution < -0.4 is 9.64 Å². The normalized spacial score (nSPS) is 27.9. The van der Waals surface area contributed by atoms with Crippen LogP contribution in [0.1, 0.15) is 20.3 Å². The SMILES string of the molecule is CCOc1ccc(N2C(=O)[C@@H]3[C@H](C)C=CC[C@H]3C2=O)cc1. The molecule has 4 heteroatoms. The Hall–Kier alpha value is -2.10. The number of amides is 2. The van der Waals surface area contributed by atoms with Crippen LogP contribution in [-0.4, -0.2) is 18.4 Å². The summed E-state index contributed by atoms with van der Waals surface area (Å²) in [6.07, 6.45) is 4.71. The summed E-state index contributed by atoms with van der Waals surface area (Å²) >= 11 is 0. The molecule has 3 atom stereocenters. The monoisotopic (exact) mass is 285 g/mol. The second-order valence-corrected chi connectivity index (χ2v) is 5.59. The van der Waals surface area contributed by atoms with Gasteiger partial charge in [0.25, 0.3) is 0 Å². The molecule has 1 heterocycles. The molecule has 0 unspecified atom stereocenters. The van der Waals surface area contributed by atoms with Gasteiger partial charge in [0.2, 0.25) is 11.8 Å². The van der Waals surface area contributed by atoms with E-state index >= 15 is 0 Å². The number of rotatable bonds is 3. The van der Waals surface area contributed by atoms with E-state index in [4.69, 9.17) is 4.74 Å². The molecule has 2 aliphatic rings. The van der Waals surface area contributed by atoms with Gasteiger partial charge in [0.1, 0.15) is 5.75 Å². The molecule has 0 radical (unpaired) electrons. The lowest BCUT2D eigenvalue weighted by atomic mass is 9.78. The Morgan fingerprint density at radius 2 is 1.90 bits per heavy atom. The zero-order valence-corrected chi connectivity index (χ0v) is 12.3. The summed E-state index contributed by atoms with van der Waals surface area (Å²) in [5.74, 6) is 0.287. The fourth-order valence-electron chi connectivity index (χ4n) is 3.26. The topological polar surface area (TPSA) is 46.6 Å². The van der Waals surface area contributed by atoms with Crippen molar-refractivity contribution in [3.05, 3.63) is 36.4 Å². The Kier molecular flexibility index (Phi) is 3.53. The average molecular weight is 285 g/mol. The predicted octanol–water partition coefficient (Wildman–Crippen LogP) is 2.79. The quantitative estimate of drug-likeness (QED) is 0.633. The fourth-order valence-corrected chi connectivity index (χ4v) is 3.26. The van der Waals surface area contributed by atoms with Crippen LogP contribution in [0.4, 0.5) is 5.69 Å². The lowest BCUT2D eigenvalue weighted by Gasteiger charge is -2.22. The Balaban J connectivity index is 1.89. The van der Waals surface area contributed by atoms with E-state index in [-0.39, 0.29) is 29.6 Å². The van der Waals surface area contributed by atoms with Gasteiger partial charge in [0.15, 0.2) is 0 Å². The molecule has 1 aromatic carbocycles. The van der Waals surface area contributed by atoms with Crippen molar-refractivity contribution in [3.63, 3.8) is 0 Å². The second-order valence-electron chi connectivity index (χ2n) is 5.59. The molecule has 1 fully saturated rings. The molecule has 0 N–H and O–H groups in total. The van der Waals surface area contributed by atoms with Gasteiger partial charge in [-0.3, -0.25) is 14.5 Å². The van der Waals surface area contributed by atoms with Gasteiger partial charge in [-0.1, -0.05) is 19.1 Å². The first-order chi connectivity index (χ1) is 10.1. The summed E-state index contributed by atoms with van der Waals surface area (Å²) < 4.78 is 5.39. The van der Waals surface area contributed by atoms with Crippen LogP contribution in [0.3, 0.4) is 0 Å². The summed E-state index contributed by atoms with van der Waals surface area (Å²) in [6.45, 7) is 4.51. The molecule has 0 spiro atoms. The van der Waals surface area contributed by atoms with Gasteiger partial charge in [0, 0.05) is 0 Å². The highest BCUT2D eigenvalue weighted by Crippen LogP contribution is 2.40. The van der Waals surface area contributed by atoms with Crippen molar-refractivity contribution in [2.75, 3.05) is 11.5 Å². The van der Waals surface area contributed by atoms with E-state index < -0.39 is 0 Å². The number of carbonyl (C=O) groups excluding carboxylic acids is 2. The lowest BCUT2D eigenvalue weighted by molar-refractivity contribution is -0.122. The Bertz CT molecular complexity index is 591. The molecule has 21 heavy (non-hydrogen) atoms. The number of hydrogen-bond donors (Lipinski definition) is 0. The highest BCUT2D eigenvalue weighted by Gasteiger charge is 2.50. The number of allylic oxidation sites excluding steroid dienone is 2. The van der Waals surface area contributed by atoms with Crippen molar-refractivity contribution in [2.45, 2.75) is 20.3 Å². The van der Waals surface area contributed by atoms with E-state index in [1.165, 1.54) is 4.90 Å². The minimum absolute atomic E-state index is 0.0778. The van der Waals surface area contributed by atoms with Crippen LogP contribution in [0.25, 0.3) is 0 Å². The van der Waals surface area contributed by atoms with Gasteiger partial charge >= 0.3 is 0 Å². The van der Waals surface area contributed by atoms with Crippen LogP contribution in [0.2, 0.25) is 0 Å². The van der Waals surface area contributed by atoms with Gasteiger partial charge in [-0.2, -0.15) is 0 Å². The molecule has 1 aromatic rings. The fraction of sp³-hybridized carbons (Fsp3) is 0.412. The average Bonchev–Trinajstić information content (AvgIpc) is 2.74. The third kappa shape index (κ3) is 2.24. The number of anilines is 1. The summed E-state index contributed by atoms with van der Waals surface area (Å²) in [5.41, 5.74) is 0.634. The van der Waals surface area contributed by atoms with Crippen molar-refractivity contribution in [1.29, 1.82) is 0 Å². The van der Waals surface area contributed by atoms with Crippen LogP contribution in [-0.2, 0) is 9.59 Å². The van der Waals surface area contributed by atoms with Crippen LogP contribution in [0, 0.1) is 17.8 Å². The van der Waals surface area contributed by atoms with E-state index in [1.54, 1.807) is 24.3 Å². The summed E-state index contributed by atoms with van der Waals surface area (Å²) in [6, 6.07) is 7.14. The molecule has 3 rings (SSSR count). The maximum absolute atomic E-state index is 12.6. The molecule has 2 amide bonds. The molecule has 4 nitrogen and oxygen atoms in total. The van der Waals surface area contributed by atoms with Crippen LogP contribution in [0.5, 0.6) is 5.75 Å². The van der Waals surface area contributed by atoms with Crippen LogP contribution in [0.15, 0.2) is 36.4 Å². The minimum Gasteiger partial charge on any atom is -0.494 e. The van der Waals surface area contributed by atoms with Gasteiger partial charge in [-0.25, -0.2) is 0 Å². The molecule has 1 saturated heterocycles. The molecular formula is C17H19NO3. The van der Waals surface area contributed by atoms with Gasteiger partial charge < -0.3 is 4.74 Å². The van der Waals surface area contributed by atoms with Crippen molar-refractivity contribution < 1.29 is 14.3 Å². The lowest BCUT2D eigenvalue weighted by Crippen LogP contribution is -2.31. The molecular weight excluding hydrogens is 266 g/mol. The zero-order chi connectivity index (χ0) is 15.0. The van der Waals surface area contributed by atoms with E-state index in [0.717, 1.165) is 5.75 Å². The zero-order valence-electron chi connectivity index (χ0n) is 12.3. The van der Waals surface area contributed by atoms with Gasteiger partial charge in [0.05, 0.1) is 24.1 Å². The molecule has 0 aromatic heterocycles. The third-order valence-electron chi connectivity index (χ3n) is 4.28. The summed E-state index contributed by atoms with van der Waals surface area (Å²) in [5, 5.41) is 0. The molecule has 0 bridgehead atoms. The van der Waals surface area contributed by atoms with Gasteiger partial charge in [-0.15, -0.1) is 0 Å². The number of fused-ring (bicyclic) bond motifs is 1. The van der Waals surface area contributed by atoms with Gasteiger partial charge in [-0.05, 0) is 43.5 Å². The number of hydrogen-bond acceptors (Lipinski definition) is 3. The predicted molar refractivity (Wildman–Crippen MR) is 80.0 cm³/mol. The first-order valence-corrected chi connectivity index (χ1v) is 7.40. The Labute approximate surface area is 124 Å². The Morgan fingerprint density at radius 1 is 1.19 bits per heavy atom. The number of carbonyl (C=O) groups is 2. The number of imide groups is 1. The standard InChI is InChI=1S/C17H19NO3/c1-3-21-13-9-7-12(8-10-13)18-16(19)14-6-4-5-11(2)15(14)17(18)20/h4-5,7-11,14-15H,3,6H2,1-2H3/t11-,14-,15-/m1/s1. The second kappa shape index (κ2) is 5.35. The molecule has 1 aliphatic carbocycles. The number of benzene rings is 1. The highest BCUT2D eigenvalue weighted by molar-refractivity contribution is 6.22. The van der Waals surface area contributed by atoms with Crippen LogP contribution >= 0.6 is 0 Å². The first-order valence-electron chi connectivity index (χ1n) is 7.40. The summed E-state index contributed by atoms with van der Waals surface area (Å²) in [4.78, 5) is 26.5. The van der Waals surface area contributed by atoms with Crippen molar-refractivity contribution in [1.82, 2.24) is 0 Å². The van der Waals surface area contributed by atoms with Crippen molar-refractivity contribution in [2.24, 2.45) is 17.8 Å². The maximum Gasteiger partial charge on any atom is 0.238 e. The maximum atomic E-state index is 12.6. The first kappa shape index (κ1) is 13.9. The van der Waals surface area contributed by atoms with Crippen molar-refractivity contribution >= 4 is 17.5 Å². The molecule has 0 saturated carbocycles.